The van der Waals surface area contributed by atoms with Crippen LogP contribution in [-0.4, -0.2) is 4.57 Å². The van der Waals surface area contributed by atoms with Crippen molar-refractivity contribution in [2.75, 3.05) is 4.90 Å². The Bertz CT molecular complexity index is 2720. The third-order valence-corrected chi connectivity index (χ3v) is 11.2. The lowest BCUT2D eigenvalue weighted by atomic mass is 9.82. The standard InChI is InChI=1S/C51H38N2/c1-51(2)45-20-13-23-49(53-47-21-11-9-18-42(47)43-19-10-12-22-48(43)53)50(45)44-33-32-41(34-46(44)51)52(39-16-7-4-8-17-39)40-30-28-38(29-31-40)37-26-24-36(25-27-37)35-14-5-3-6-15-35/h3-34H,1-2H3. The Morgan fingerprint density at radius 3 is 1.51 bits per heavy atom. The van der Waals surface area contributed by atoms with Gasteiger partial charge >= 0.3 is 0 Å². The molecule has 0 aliphatic heterocycles. The smallest absolute Gasteiger partial charge is 0.0543 e. The van der Waals surface area contributed by atoms with Crippen molar-refractivity contribution in [3.63, 3.8) is 0 Å². The van der Waals surface area contributed by atoms with E-state index in [-0.39, 0.29) is 5.41 Å². The second kappa shape index (κ2) is 12.3. The van der Waals surface area contributed by atoms with Gasteiger partial charge in [0.2, 0.25) is 0 Å². The molecule has 10 rings (SSSR count). The fraction of sp³-hybridized carbons (Fsp3) is 0.0588. The maximum atomic E-state index is 2.47. The van der Waals surface area contributed by atoms with Crippen LogP contribution < -0.4 is 4.90 Å². The highest BCUT2D eigenvalue weighted by atomic mass is 15.1. The molecular weight excluding hydrogens is 641 g/mol. The molecule has 0 saturated carbocycles. The highest BCUT2D eigenvalue weighted by Crippen LogP contribution is 2.53. The van der Waals surface area contributed by atoms with Crippen LogP contribution >= 0.6 is 0 Å². The highest BCUT2D eigenvalue weighted by molar-refractivity contribution is 6.10. The average molecular weight is 679 g/mol. The summed E-state index contributed by atoms with van der Waals surface area (Å²) in [5.41, 5.74) is 17.1. The Kier molecular flexibility index (Phi) is 7.19. The van der Waals surface area contributed by atoms with E-state index in [2.05, 4.69) is 217 Å². The van der Waals surface area contributed by atoms with Crippen LogP contribution in [0, 0.1) is 0 Å². The molecule has 0 bridgehead atoms. The molecule has 1 heterocycles. The van der Waals surface area contributed by atoms with Crippen LogP contribution in [0.2, 0.25) is 0 Å². The third kappa shape index (κ3) is 5.02. The molecule has 0 amide bonds. The number of hydrogen-bond acceptors (Lipinski definition) is 1. The van der Waals surface area contributed by atoms with Crippen LogP contribution in [0.1, 0.15) is 25.0 Å². The van der Waals surface area contributed by atoms with Gasteiger partial charge in [0.05, 0.1) is 16.7 Å². The van der Waals surface area contributed by atoms with Crippen molar-refractivity contribution in [2.45, 2.75) is 19.3 Å². The van der Waals surface area contributed by atoms with E-state index in [0.717, 1.165) is 17.1 Å². The Labute approximate surface area is 310 Å². The van der Waals surface area contributed by atoms with Crippen molar-refractivity contribution >= 4 is 38.9 Å². The number of aromatic nitrogens is 1. The Morgan fingerprint density at radius 2 is 0.887 bits per heavy atom. The summed E-state index contributed by atoms with van der Waals surface area (Å²) in [7, 11) is 0. The SMILES string of the molecule is CC1(C)c2cc(N(c3ccccc3)c3ccc(-c4ccc(-c5ccccc5)cc4)cc3)ccc2-c2c(-n3c4ccccc4c4ccccc43)cccc21. The largest absolute Gasteiger partial charge is 0.310 e. The molecule has 0 spiro atoms. The molecule has 1 aliphatic carbocycles. The van der Waals surface area contributed by atoms with Gasteiger partial charge in [0.1, 0.15) is 0 Å². The van der Waals surface area contributed by atoms with Gasteiger partial charge in [-0.15, -0.1) is 0 Å². The van der Waals surface area contributed by atoms with Gasteiger partial charge < -0.3 is 9.47 Å². The maximum Gasteiger partial charge on any atom is 0.0543 e. The van der Waals surface area contributed by atoms with Gasteiger partial charge in [-0.1, -0.05) is 153 Å². The molecule has 1 aromatic heterocycles. The van der Waals surface area contributed by atoms with E-state index in [9.17, 15) is 0 Å². The zero-order valence-corrected chi connectivity index (χ0v) is 29.9. The molecule has 0 atom stereocenters. The third-order valence-electron chi connectivity index (χ3n) is 11.2. The molecule has 0 N–H and O–H groups in total. The van der Waals surface area contributed by atoms with Crippen LogP contribution in [0.3, 0.4) is 0 Å². The normalized spacial score (nSPS) is 12.9. The quantitative estimate of drug-likeness (QED) is 0.170. The van der Waals surface area contributed by atoms with Crippen molar-refractivity contribution in [2.24, 2.45) is 0 Å². The van der Waals surface area contributed by atoms with E-state index in [0.29, 0.717) is 0 Å². The van der Waals surface area contributed by atoms with E-state index >= 15 is 0 Å². The van der Waals surface area contributed by atoms with Crippen LogP contribution in [0.25, 0.3) is 60.9 Å². The monoisotopic (exact) mass is 678 g/mol. The lowest BCUT2D eigenvalue weighted by Crippen LogP contribution is -2.16. The van der Waals surface area contributed by atoms with Crippen molar-refractivity contribution < 1.29 is 0 Å². The number of fused-ring (bicyclic) bond motifs is 6. The second-order valence-corrected chi connectivity index (χ2v) is 14.6. The molecule has 1 aliphatic rings. The summed E-state index contributed by atoms with van der Waals surface area (Å²) in [6.07, 6.45) is 0. The molecular formula is C51H38N2. The minimum Gasteiger partial charge on any atom is -0.310 e. The molecule has 53 heavy (non-hydrogen) atoms. The fourth-order valence-electron chi connectivity index (χ4n) is 8.58. The van der Waals surface area contributed by atoms with Crippen molar-refractivity contribution in [3.8, 4) is 39.1 Å². The molecule has 0 saturated heterocycles. The number of anilines is 3. The van der Waals surface area contributed by atoms with Crippen LogP contribution in [0.4, 0.5) is 17.1 Å². The Morgan fingerprint density at radius 1 is 0.396 bits per heavy atom. The first-order valence-electron chi connectivity index (χ1n) is 18.4. The van der Waals surface area contributed by atoms with E-state index in [1.165, 1.54) is 72.0 Å². The minimum absolute atomic E-state index is 0.187. The van der Waals surface area contributed by atoms with Crippen molar-refractivity contribution in [3.05, 3.63) is 205 Å². The molecule has 0 fully saturated rings. The highest BCUT2D eigenvalue weighted by Gasteiger charge is 2.38. The maximum absolute atomic E-state index is 2.47. The fourth-order valence-corrected chi connectivity index (χ4v) is 8.58. The molecule has 252 valence electrons. The van der Waals surface area contributed by atoms with Gasteiger partial charge in [0.15, 0.2) is 0 Å². The van der Waals surface area contributed by atoms with Crippen molar-refractivity contribution in [1.82, 2.24) is 4.57 Å². The summed E-state index contributed by atoms with van der Waals surface area (Å²) in [5.74, 6) is 0. The predicted octanol–water partition coefficient (Wildman–Crippen LogP) is 13.9. The topological polar surface area (TPSA) is 8.17 Å². The zero-order chi connectivity index (χ0) is 35.5. The predicted molar refractivity (Wildman–Crippen MR) is 224 cm³/mol. The first kappa shape index (κ1) is 31.1. The molecule has 2 nitrogen and oxygen atoms in total. The average Bonchev–Trinajstić information content (AvgIpc) is 3.67. The number of para-hydroxylation sites is 3. The zero-order valence-electron chi connectivity index (χ0n) is 29.9. The van der Waals surface area contributed by atoms with E-state index < -0.39 is 0 Å². The molecule has 0 radical (unpaired) electrons. The molecule has 9 aromatic rings. The second-order valence-electron chi connectivity index (χ2n) is 14.6. The van der Waals surface area contributed by atoms with Gasteiger partial charge in [0.25, 0.3) is 0 Å². The van der Waals surface area contributed by atoms with Gasteiger partial charge in [-0.2, -0.15) is 0 Å². The summed E-state index contributed by atoms with van der Waals surface area (Å²) in [6, 6.07) is 70.7. The van der Waals surface area contributed by atoms with Gasteiger partial charge in [-0.3, -0.25) is 0 Å². The Hall–Kier alpha value is -6.64. The summed E-state index contributed by atoms with van der Waals surface area (Å²) >= 11 is 0. The summed E-state index contributed by atoms with van der Waals surface area (Å²) in [5, 5.41) is 2.56. The van der Waals surface area contributed by atoms with Gasteiger partial charge in [0, 0.05) is 38.8 Å². The van der Waals surface area contributed by atoms with Gasteiger partial charge in [-0.25, -0.2) is 0 Å². The first-order chi connectivity index (χ1) is 26.1. The van der Waals surface area contributed by atoms with E-state index in [1.807, 2.05) is 0 Å². The minimum atomic E-state index is -0.187. The van der Waals surface area contributed by atoms with Crippen LogP contribution in [0.15, 0.2) is 194 Å². The van der Waals surface area contributed by atoms with E-state index in [1.54, 1.807) is 0 Å². The number of benzene rings is 8. The molecule has 8 aromatic carbocycles. The lowest BCUT2D eigenvalue weighted by molar-refractivity contribution is 0.660. The summed E-state index contributed by atoms with van der Waals surface area (Å²) < 4.78 is 2.47. The van der Waals surface area contributed by atoms with Crippen molar-refractivity contribution in [1.29, 1.82) is 0 Å². The Balaban J connectivity index is 1.07. The lowest BCUT2D eigenvalue weighted by Gasteiger charge is -2.28. The van der Waals surface area contributed by atoms with E-state index in [4.69, 9.17) is 0 Å². The van der Waals surface area contributed by atoms with Crippen LogP contribution in [-0.2, 0) is 5.41 Å². The van der Waals surface area contributed by atoms with Gasteiger partial charge in [-0.05, 0) is 93.5 Å². The number of hydrogen-bond donors (Lipinski definition) is 0. The number of rotatable bonds is 6. The number of nitrogens with zero attached hydrogens (tertiary/aromatic N) is 2. The summed E-state index contributed by atoms with van der Waals surface area (Å²) in [4.78, 5) is 2.38. The molecule has 0 unspecified atom stereocenters. The van der Waals surface area contributed by atoms with Crippen LogP contribution in [0.5, 0.6) is 0 Å². The first-order valence-corrected chi connectivity index (χ1v) is 18.4. The molecule has 2 heteroatoms. The summed E-state index contributed by atoms with van der Waals surface area (Å²) in [6.45, 7) is 4.75.